The number of nitrogens with zero attached hydrogens (tertiary/aromatic N) is 2. The van der Waals surface area contributed by atoms with Crippen molar-refractivity contribution >= 4 is 11.7 Å². The maximum atomic E-state index is 12.4. The third-order valence-electron chi connectivity index (χ3n) is 4.97. The summed E-state index contributed by atoms with van der Waals surface area (Å²) < 4.78 is 4.97. The number of nitrogens with one attached hydrogen (secondary N) is 1. The van der Waals surface area contributed by atoms with Gasteiger partial charge in [0.25, 0.3) is 0 Å². The molecular formula is C19H25N3O3. The topological polar surface area (TPSA) is 78.6 Å². The number of rotatable bonds is 5. The molecule has 1 fully saturated rings. The lowest BCUT2D eigenvalue weighted by atomic mass is 9.87. The van der Waals surface area contributed by atoms with E-state index in [1.165, 1.54) is 0 Å². The van der Waals surface area contributed by atoms with E-state index in [0.717, 1.165) is 31.5 Å². The zero-order valence-electron chi connectivity index (χ0n) is 14.7. The molecule has 1 amide bonds. The van der Waals surface area contributed by atoms with E-state index in [0.29, 0.717) is 11.6 Å². The van der Waals surface area contributed by atoms with Crippen LogP contribution in [0.3, 0.4) is 0 Å². The van der Waals surface area contributed by atoms with Gasteiger partial charge in [-0.1, -0.05) is 35.5 Å². The Hall–Kier alpha value is -2.18. The molecular weight excluding hydrogens is 318 g/mol. The third-order valence-corrected chi connectivity index (χ3v) is 4.97. The highest BCUT2D eigenvalue weighted by atomic mass is 16.5. The summed E-state index contributed by atoms with van der Waals surface area (Å²) in [5.41, 5.74) is 0.966. The van der Waals surface area contributed by atoms with Crippen molar-refractivity contribution in [1.29, 1.82) is 0 Å². The van der Waals surface area contributed by atoms with Crippen molar-refractivity contribution in [3.05, 3.63) is 47.7 Å². The van der Waals surface area contributed by atoms with E-state index in [9.17, 15) is 9.90 Å². The van der Waals surface area contributed by atoms with Gasteiger partial charge in [-0.15, -0.1) is 0 Å². The van der Waals surface area contributed by atoms with Crippen molar-refractivity contribution in [2.75, 3.05) is 18.4 Å². The molecule has 1 saturated heterocycles. The van der Waals surface area contributed by atoms with Crippen LogP contribution in [0.1, 0.15) is 37.2 Å². The minimum absolute atomic E-state index is 0.0876. The van der Waals surface area contributed by atoms with E-state index in [-0.39, 0.29) is 17.9 Å². The molecule has 0 bridgehead atoms. The van der Waals surface area contributed by atoms with Crippen LogP contribution in [0.5, 0.6) is 0 Å². The predicted octanol–water partition coefficient (Wildman–Crippen LogP) is 2.76. The monoisotopic (exact) mass is 343 g/mol. The molecule has 2 atom stereocenters. The number of likely N-dealkylation sites (tertiary alicyclic amines) is 1. The zero-order chi connectivity index (χ0) is 17.8. The summed E-state index contributed by atoms with van der Waals surface area (Å²) in [6, 6.07) is 11.2. The quantitative estimate of drug-likeness (QED) is 0.873. The highest BCUT2D eigenvalue weighted by Crippen LogP contribution is 2.31. The first-order valence-corrected chi connectivity index (χ1v) is 8.76. The summed E-state index contributed by atoms with van der Waals surface area (Å²) in [4.78, 5) is 14.5. The second-order valence-electron chi connectivity index (χ2n) is 6.72. The Morgan fingerprint density at radius 1 is 1.32 bits per heavy atom. The molecule has 6 nitrogen and oxygen atoms in total. The molecule has 0 aliphatic carbocycles. The highest BCUT2D eigenvalue weighted by Gasteiger charge is 2.30. The number of hydrogen-bond acceptors (Lipinski definition) is 5. The molecule has 134 valence electrons. The molecule has 2 unspecified atom stereocenters. The van der Waals surface area contributed by atoms with Gasteiger partial charge in [0.05, 0.1) is 12.1 Å². The Kier molecular flexibility index (Phi) is 5.50. The predicted molar refractivity (Wildman–Crippen MR) is 95.0 cm³/mol. The van der Waals surface area contributed by atoms with Gasteiger partial charge in [0.15, 0.2) is 5.82 Å². The molecule has 0 saturated carbocycles. The van der Waals surface area contributed by atoms with E-state index in [2.05, 4.69) is 15.4 Å². The number of anilines is 1. The van der Waals surface area contributed by atoms with E-state index < -0.39 is 6.10 Å². The van der Waals surface area contributed by atoms with Crippen molar-refractivity contribution in [3.63, 3.8) is 0 Å². The van der Waals surface area contributed by atoms with Gasteiger partial charge in [0.2, 0.25) is 5.91 Å². The van der Waals surface area contributed by atoms with Crippen LogP contribution in [0.15, 0.2) is 40.9 Å². The fourth-order valence-electron chi connectivity index (χ4n) is 3.37. The Bertz CT molecular complexity index is 693. The number of amides is 1. The number of aromatic nitrogens is 1. The SMILES string of the molecule is Cc1cc(NC(=O)C(C)N2CCC(C(O)c3ccccc3)CC2)no1. The van der Waals surface area contributed by atoms with Crippen LogP contribution < -0.4 is 5.32 Å². The van der Waals surface area contributed by atoms with E-state index >= 15 is 0 Å². The normalized spacial score (nSPS) is 18.7. The summed E-state index contributed by atoms with van der Waals surface area (Å²) in [6.07, 6.45) is 1.30. The molecule has 6 heteroatoms. The second kappa shape index (κ2) is 7.80. The smallest absolute Gasteiger partial charge is 0.242 e. The number of carbonyl (C=O) groups excluding carboxylic acids is 1. The average Bonchev–Trinajstić information content (AvgIpc) is 3.06. The van der Waals surface area contributed by atoms with E-state index in [4.69, 9.17) is 4.52 Å². The van der Waals surface area contributed by atoms with Crippen LogP contribution in [-0.4, -0.2) is 40.2 Å². The number of carbonyl (C=O) groups is 1. The van der Waals surface area contributed by atoms with Crippen LogP contribution in [0.4, 0.5) is 5.82 Å². The minimum atomic E-state index is -0.439. The third kappa shape index (κ3) is 4.27. The minimum Gasteiger partial charge on any atom is -0.388 e. The highest BCUT2D eigenvalue weighted by molar-refractivity contribution is 5.93. The lowest BCUT2D eigenvalue weighted by Gasteiger charge is -2.37. The molecule has 25 heavy (non-hydrogen) atoms. The first-order valence-electron chi connectivity index (χ1n) is 8.76. The van der Waals surface area contributed by atoms with Gasteiger partial charge in [0, 0.05) is 6.07 Å². The molecule has 1 aliphatic rings. The lowest BCUT2D eigenvalue weighted by molar-refractivity contribution is -0.121. The van der Waals surface area contributed by atoms with Gasteiger partial charge in [0.1, 0.15) is 5.76 Å². The van der Waals surface area contributed by atoms with Gasteiger partial charge in [-0.05, 0) is 51.3 Å². The molecule has 1 aromatic carbocycles. The van der Waals surface area contributed by atoms with Crippen molar-refractivity contribution in [2.24, 2.45) is 5.92 Å². The summed E-state index contributed by atoms with van der Waals surface area (Å²) in [6.45, 7) is 5.27. The van der Waals surface area contributed by atoms with Crippen LogP contribution in [0.25, 0.3) is 0 Å². The summed E-state index contributed by atoms with van der Waals surface area (Å²) in [5.74, 6) is 1.25. The Labute approximate surface area is 147 Å². The first-order chi connectivity index (χ1) is 12.0. The summed E-state index contributed by atoms with van der Waals surface area (Å²) >= 11 is 0. The van der Waals surface area contributed by atoms with Crippen molar-refractivity contribution in [3.8, 4) is 0 Å². The van der Waals surface area contributed by atoms with Gasteiger partial charge in [-0.3, -0.25) is 9.69 Å². The summed E-state index contributed by atoms with van der Waals surface area (Å²) in [5, 5.41) is 17.1. The number of aliphatic hydroxyl groups excluding tert-OH is 1. The van der Waals surface area contributed by atoms with Crippen LogP contribution >= 0.6 is 0 Å². The van der Waals surface area contributed by atoms with Crippen LogP contribution in [0, 0.1) is 12.8 Å². The van der Waals surface area contributed by atoms with Crippen molar-refractivity contribution in [1.82, 2.24) is 10.1 Å². The number of aryl methyl sites for hydroxylation is 1. The van der Waals surface area contributed by atoms with Crippen molar-refractivity contribution in [2.45, 2.75) is 38.8 Å². The van der Waals surface area contributed by atoms with Gasteiger partial charge >= 0.3 is 0 Å². The van der Waals surface area contributed by atoms with E-state index in [1.54, 1.807) is 13.0 Å². The maximum absolute atomic E-state index is 12.4. The van der Waals surface area contributed by atoms with Crippen LogP contribution in [0.2, 0.25) is 0 Å². The molecule has 1 aliphatic heterocycles. The number of hydrogen-bond donors (Lipinski definition) is 2. The molecule has 0 radical (unpaired) electrons. The Balaban J connectivity index is 1.52. The van der Waals surface area contributed by atoms with Gasteiger partial charge in [-0.25, -0.2) is 0 Å². The number of piperidine rings is 1. The number of aliphatic hydroxyl groups is 1. The molecule has 0 spiro atoms. The molecule has 2 heterocycles. The van der Waals surface area contributed by atoms with E-state index in [1.807, 2.05) is 37.3 Å². The standard InChI is InChI=1S/C19H25N3O3/c1-13-12-17(21-25-13)20-19(24)14(2)22-10-8-16(9-11-22)18(23)15-6-4-3-5-7-15/h3-7,12,14,16,18,23H,8-11H2,1-2H3,(H,20,21,24). The van der Waals surface area contributed by atoms with Gasteiger partial charge < -0.3 is 14.9 Å². The lowest BCUT2D eigenvalue weighted by Crippen LogP contribution is -2.46. The van der Waals surface area contributed by atoms with Crippen molar-refractivity contribution < 1.29 is 14.4 Å². The number of benzene rings is 1. The largest absolute Gasteiger partial charge is 0.388 e. The summed E-state index contributed by atoms with van der Waals surface area (Å²) in [7, 11) is 0. The molecule has 2 aromatic rings. The fraction of sp³-hybridized carbons (Fsp3) is 0.474. The average molecular weight is 343 g/mol. The maximum Gasteiger partial charge on any atom is 0.242 e. The molecule has 3 rings (SSSR count). The Morgan fingerprint density at radius 2 is 2.00 bits per heavy atom. The zero-order valence-corrected chi connectivity index (χ0v) is 14.7. The van der Waals surface area contributed by atoms with Gasteiger partial charge in [-0.2, -0.15) is 0 Å². The second-order valence-corrected chi connectivity index (χ2v) is 6.72. The molecule has 1 aromatic heterocycles. The molecule has 2 N–H and O–H groups in total. The Morgan fingerprint density at radius 3 is 2.60 bits per heavy atom. The fourth-order valence-corrected chi connectivity index (χ4v) is 3.37. The van der Waals surface area contributed by atoms with Crippen LogP contribution in [-0.2, 0) is 4.79 Å². The first kappa shape index (κ1) is 17.6.